The predicted molar refractivity (Wildman–Crippen MR) is 105 cm³/mol. The molecular formula is C21H23ClN2O. The van der Waals surface area contributed by atoms with Gasteiger partial charge in [-0.3, -0.25) is 4.79 Å². The summed E-state index contributed by atoms with van der Waals surface area (Å²) in [6, 6.07) is 13.9. The Morgan fingerprint density at radius 2 is 1.68 bits per heavy atom. The molecule has 0 bridgehead atoms. The summed E-state index contributed by atoms with van der Waals surface area (Å²) in [7, 11) is 0. The van der Waals surface area contributed by atoms with E-state index in [1.165, 1.54) is 16.8 Å². The Balaban J connectivity index is 1.59. The number of amides is 1. The summed E-state index contributed by atoms with van der Waals surface area (Å²) in [5, 5.41) is 0.700. The molecule has 1 aliphatic rings. The highest BCUT2D eigenvalue weighted by atomic mass is 35.5. The number of rotatable bonds is 3. The second kappa shape index (κ2) is 7.75. The van der Waals surface area contributed by atoms with Crippen LogP contribution in [0.1, 0.15) is 16.7 Å². The molecule has 0 aliphatic carbocycles. The summed E-state index contributed by atoms with van der Waals surface area (Å²) < 4.78 is 0. The van der Waals surface area contributed by atoms with E-state index in [2.05, 4.69) is 36.9 Å². The van der Waals surface area contributed by atoms with Crippen LogP contribution in [0.2, 0.25) is 5.02 Å². The number of aryl methyl sites for hydroxylation is 1. The van der Waals surface area contributed by atoms with Crippen molar-refractivity contribution in [1.82, 2.24) is 4.90 Å². The Morgan fingerprint density at radius 1 is 1.00 bits per heavy atom. The molecule has 0 radical (unpaired) electrons. The van der Waals surface area contributed by atoms with Crippen LogP contribution in [0, 0.1) is 13.8 Å². The average Bonchev–Trinajstić information content (AvgIpc) is 2.63. The molecule has 1 fully saturated rings. The minimum absolute atomic E-state index is 0.0653. The summed E-state index contributed by atoms with van der Waals surface area (Å²) in [5.41, 5.74) is 4.89. The molecule has 0 saturated carbocycles. The highest BCUT2D eigenvalue weighted by Crippen LogP contribution is 2.24. The zero-order valence-electron chi connectivity index (χ0n) is 14.7. The zero-order valence-corrected chi connectivity index (χ0v) is 15.5. The molecular weight excluding hydrogens is 332 g/mol. The van der Waals surface area contributed by atoms with Crippen molar-refractivity contribution in [1.29, 1.82) is 0 Å². The van der Waals surface area contributed by atoms with Crippen molar-refractivity contribution in [3.8, 4) is 0 Å². The summed E-state index contributed by atoms with van der Waals surface area (Å²) in [5.74, 6) is 0.0653. The molecule has 0 atom stereocenters. The lowest BCUT2D eigenvalue weighted by atomic mass is 10.1. The third-order valence-corrected chi connectivity index (χ3v) is 5.05. The van der Waals surface area contributed by atoms with Gasteiger partial charge in [0.25, 0.3) is 0 Å². The largest absolute Gasteiger partial charge is 0.368 e. The Labute approximate surface area is 154 Å². The minimum atomic E-state index is 0.0653. The Morgan fingerprint density at radius 3 is 2.36 bits per heavy atom. The van der Waals surface area contributed by atoms with E-state index in [0.717, 1.165) is 31.7 Å². The summed E-state index contributed by atoms with van der Waals surface area (Å²) in [4.78, 5) is 16.7. The van der Waals surface area contributed by atoms with Gasteiger partial charge in [0.2, 0.25) is 5.91 Å². The summed E-state index contributed by atoms with van der Waals surface area (Å²) >= 11 is 5.88. The number of nitrogens with zero attached hydrogens (tertiary/aromatic N) is 2. The topological polar surface area (TPSA) is 23.6 Å². The van der Waals surface area contributed by atoms with Gasteiger partial charge in [0.15, 0.2) is 0 Å². The SMILES string of the molecule is Cc1cccc(N2CCN(C(=O)/C=C\c3ccc(Cl)cc3)CC2)c1C. The van der Waals surface area contributed by atoms with E-state index in [0.29, 0.717) is 5.02 Å². The van der Waals surface area contributed by atoms with E-state index < -0.39 is 0 Å². The molecule has 2 aromatic rings. The maximum absolute atomic E-state index is 12.4. The second-order valence-electron chi connectivity index (χ2n) is 6.42. The highest BCUT2D eigenvalue weighted by Gasteiger charge is 2.20. The zero-order chi connectivity index (χ0) is 17.8. The van der Waals surface area contributed by atoms with E-state index in [1.807, 2.05) is 35.2 Å². The maximum atomic E-state index is 12.4. The van der Waals surface area contributed by atoms with Gasteiger partial charge in [-0.15, -0.1) is 0 Å². The first-order chi connectivity index (χ1) is 12.0. The predicted octanol–water partition coefficient (Wildman–Crippen LogP) is 4.32. The molecule has 1 aliphatic heterocycles. The van der Waals surface area contributed by atoms with Crippen LogP contribution in [0.5, 0.6) is 0 Å². The number of carbonyl (C=O) groups is 1. The standard InChI is InChI=1S/C21H23ClN2O/c1-16-4-3-5-20(17(16)2)23-12-14-24(15-13-23)21(25)11-8-18-6-9-19(22)10-7-18/h3-11H,12-15H2,1-2H3/b11-8-. The van der Waals surface area contributed by atoms with Crippen LogP contribution in [0.25, 0.3) is 6.08 Å². The molecule has 1 saturated heterocycles. The van der Waals surface area contributed by atoms with Gasteiger partial charge in [0.05, 0.1) is 0 Å². The van der Waals surface area contributed by atoms with E-state index in [4.69, 9.17) is 11.6 Å². The van der Waals surface area contributed by atoms with Crippen LogP contribution in [-0.4, -0.2) is 37.0 Å². The van der Waals surface area contributed by atoms with Gasteiger partial charge >= 0.3 is 0 Å². The number of hydrogen-bond donors (Lipinski definition) is 0. The van der Waals surface area contributed by atoms with Gasteiger partial charge in [-0.05, 0) is 54.8 Å². The van der Waals surface area contributed by atoms with Crippen LogP contribution < -0.4 is 4.90 Å². The van der Waals surface area contributed by atoms with Crippen molar-refractivity contribution >= 4 is 29.3 Å². The summed E-state index contributed by atoms with van der Waals surface area (Å²) in [6.45, 7) is 7.53. The Bertz CT molecular complexity index is 775. The molecule has 3 rings (SSSR count). The first-order valence-corrected chi connectivity index (χ1v) is 8.96. The lowest BCUT2D eigenvalue weighted by Gasteiger charge is -2.36. The van der Waals surface area contributed by atoms with Crippen molar-refractivity contribution in [2.24, 2.45) is 0 Å². The van der Waals surface area contributed by atoms with Gasteiger partial charge in [0, 0.05) is 43.0 Å². The van der Waals surface area contributed by atoms with Crippen LogP contribution >= 0.6 is 11.6 Å². The van der Waals surface area contributed by atoms with Gasteiger partial charge in [0.1, 0.15) is 0 Å². The number of benzene rings is 2. The van der Waals surface area contributed by atoms with Crippen LogP contribution in [0.15, 0.2) is 48.5 Å². The minimum Gasteiger partial charge on any atom is -0.368 e. The number of hydrogen-bond acceptors (Lipinski definition) is 2. The number of halogens is 1. The van der Waals surface area contributed by atoms with Crippen molar-refractivity contribution in [3.63, 3.8) is 0 Å². The van der Waals surface area contributed by atoms with Gasteiger partial charge in [-0.2, -0.15) is 0 Å². The first-order valence-electron chi connectivity index (χ1n) is 8.58. The molecule has 25 heavy (non-hydrogen) atoms. The fourth-order valence-electron chi connectivity index (χ4n) is 3.09. The van der Waals surface area contributed by atoms with E-state index in [1.54, 1.807) is 6.08 Å². The van der Waals surface area contributed by atoms with Crippen LogP contribution in [-0.2, 0) is 4.79 Å². The highest BCUT2D eigenvalue weighted by molar-refractivity contribution is 6.30. The number of carbonyl (C=O) groups excluding carboxylic acids is 1. The van der Waals surface area contributed by atoms with Crippen molar-refractivity contribution in [3.05, 3.63) is 70.3 Å². The van der Waals surface area contributed by atoms with E-state index in [9.17, 15) is 4.79 Å². The lowest BCUT2D eigenvalue weighted by Crippen LogP contribution is -2.48. The molecule has 1 amide bonds. The van der Waals surface area contributed by atoms with Crippen molar-refractivity contribution in [2.75, 3.05) is 31.1 Å². The second-order valence-corrected chi connectivity index (χ2v) is 6.85. The molecule has 4 heteroatoms. The molecule has 0 N–H and O–H groups in total. The molecule has 0 aromatic heterocycles. The molecule has 2 aromatic carbocycles. The lowest BCUT2D eigenvalue weighted by molar-refractivity contribution is -0.126. The summed E-state index contributed by atoms with van der Waals surface area (Å²) in [6.07, 6.45) is 3.49. The molecule has 130 valence electrons. The van der Waals surface area contributed by atoms with E-state index >= 15 is 0 Å². The fraction of sp³-hybridized carbons (Fsp3) is 0.286. The molecule has 1 heterocycles. The molecule has 0 spiro atoms. The smallest absolute Gasteiger partial charge is 0.246 e. The maximum Gasteiger partial charge on any atom is 0.246 e. The Hall–Kier alpha value is -2.26. The third kappa shape index (κ3) is 4.23. The van der Waals surface area contributed by atoms with Crippen LogP contribution in [0.4, 0.5) is 5.69 Å². The van der Waals surface area contributed by atoms with Crippen LogP contribution in [0.3, 0.4) is 0 Å². The molecule has 3 nitrogen and oxygen atoms in total. The van der Waals surface area contributed by atoms with Gasteiger partial charge < -0.3 is 9.80 Å². The number of anilines is 1. The first kappa shape index (κ1) is 17.6. The van der Waals surface area contributed by atoms with Crippen molar-refractivity contribution in [2.45, 2.75) is 13.8 Å². The third-order valence-electron chi connectivity index (χ3n) is 4.80. The van der Waals surface area contributed by atoms with Crippen molar-refractivity contribution < 1.29 is 4.79 Å². The molecule has 0 unspecified atom stereocenters. The monoisotopic (exact) mass is 354 g/mol. The quantitative estimate of drug-likeness (QED) is 0.766. The average molecular weight is 355 g/mol. The fourth-order valence-corrected chi connectivity index (χ4v) is 3.22. The van der Waals surface area contributed by atoms with E-state index in [-0.39, 0.29) is 5.91 Å². The number of piperazine rings is 1. The Kier molecular flexibility index (Phi) is 5.44. The normalized spacial score (nSPS) is 15.0. The van der Waals surface area contributed by atoms with Gasteiger partial charge in [-0.25, -0.2) is 0 Å². The van der Waals surface area contributed by atoms with Gasteiger partial charge in [-0.1, -0.05) is 35.9 Å².